The van der Waals surface area contributed by atoms with E-state index in [1.54, 1.807) is 6.07 Å². The van der Waals surface area contributed by atoms with Crippen molar-refractivity contribution in [2.24, 2.45) is 0 Å². The van der Waals surface area contributed by atoms with E-state index in [4.69, 9.17) is 0 Å². The van der Waals surface area contributed by atoms with Crippen LogP contribution in [0.1, 0.15) is 0 Å². The van der Waals surface area contributed by atoms with Crippen LogP contribution in [0, 0.1) is 7.14 Å². The van der Waals surface area contributed by atoms with Gasteiger partial charge in [-0.05, 0) is 67.2 Å². The molecule has 0 fully saturated rings. The quantitative estimate of drug-likeness (QED) is 0.609. The SMILES string of the molecule is Oc1c(Br)cc(I)c(O)c1I. The molecule has 0 spiro atoms. The van der Waals surface area contributed by atoms with E-state index in [9.17, 15) is 10.2 Å². The minimum absolute atomic E-state index is 0.0866. The van der Waals surface area contributed by atoms with E-state index < -0.39 is 0 Å². The fraction of sp³-hybridized carbons (Fsp3) is 0. The molecule has 1 aromatic rings. The number of hydrogen-bond acceptors (Lipinski definition) is 2. The first-order valence-electron chi connectivity index (χ1n) is 2.59. The Morgan fingerprint density at radius 1 is 1.18 bits per heavy atom. The summed E-state index contributed by atoms with van der Waals surface area (Å²) in [7, 11) is 0. The zero-order chi connectivity index (χ0) is 8.59. The zero-order valence-electron chi connectivity index (χ0n) is 5.11. The van der Waals surface area contributed by atoms with Gasteiger partial charge in [-0.15, -0.1) is 0 Å². The summed E-state index contributed by atoms with van der Waals surface area (Å²) in [5.74, 6) is 0.218. The Kier molecular flexibility index (Phi) is 3.27. The van der Waals surface area contributed by atoms with Crippen LogP contribution in [0.25, 0.3) is 0 Å². The standard InChI is InChI=1S/C6H3BrI2O2/c7-2-1-3(8)6(11)4(9)5(2)10/h1,10-11H. The third-order valence-corrected chi connectivity index (χ3v) is 3.57. The molecule has 1 rings (SSSR count). The Hall–Kier alpha value is 0.760. The Balaban J connectivity index is 3.46. The maximum absolute atomic E-state index is 9.32. The lowest BCUT2D eigenvalue weighted by Gasteiger charge is -2.04. The van der Waals surface area contributed by atoms with Crippen LogP contribution in [0.5, 0.6) is 11.5 Å². The van der Waals surface area contributed by atoms with Gasteiger partial charge in [0.2, 0.25) is 0 Å². The van der Waals surface area contributed by atoms with Crippen LogP contribution in [0.15, 0.2) is 10.5 Å². The first-order valence-corrected chi connectivity index (χ1v) is 5.54. The van der Waals surface area contributed by atoms with Gasteiger partial charge in [0, 0.05) is 0 Å². The first-order chi connectivity index (χ1) is 5.04. The summed E-state index contributed by atoms with van der Waals surface area (Å²) in [5, 5.41) is 18.6. The van der Waals surface area contributed by atoms with Gasteiger partial charge in [-0.2, -0.15) is 0 Å². The van der Waals surface area contributed by atoms with Crippen LogP contribution in [0.3, 0.4) is 0 Å². The van der Waals surface area contributed by atoms with E-state index in [-0.39, 0.29) is 11.5 Å². The molecule has 5 heteroatoms. The molecule has 0 unspecified atom stereocenters. The molecule has 0 saturated carbocycles. The van der Waals surface area contributed by atoms with Crippen molar-refractivity contribution in [3.63, 3.8) is 0 Å². The van der Waals surface area contributed by atoms with Crippen molar-refractivity contribution in [3.05, 3.63) is 17.7 Å². The van der Waals surface area contributed by atoms with E-state index >= 15 is 0 Å². The molecule has 1 aromatic carbocycles. The van der Waals surface area contributed by atoms with Gasteiger partial charge in [0.25, 0.3) is 0 Å². The topological polar surface area (TPSA) is 40.5 Å². The molecule has 0 aromatic heterocycles. The predicted octanol–water partition coefficient (Wildman–Crippen LogP) is 3.07. The Morgan fingerprint density at radius 2 is 1.73 bits per heavy atom. The van der Waals surface area contributed by atoms with Gasteiger partial charge < -0.3 is 10.2 Å². The summed E-state index contributed by atoms with van der Waals surface area (Å²) < 4.78 is 1.79. The molecule has 0 aliphatic carbocycles. The molecule has 2 N–H and O–H groups in total. The zero-order valence-corrected chi connectivity index (χ0v) is 11.0. The summed E-state index contributed by atoms with van der Waals surface area (Å²) in [6.07, 6.45) is 0. The summed E-state index contributed by atoms with van der Waals surface area (Å²) in [5.41, 5.74) is 0. The Morgan fingerprint density at radius 3 is 2.27 bits per heavy atom. The number of rotatable bonds is 0. The van der Waals surface area contributed by atoms with E-state index in [2.05, 4.69) is 15.9 Å². The van der Waals surface area contributed by atoms with E-state index in [1.165, 1.54) is 0 Å². The first kappa shape index (κ1) is 9.85. The molecule has 60 valence electrons. The van der Waals surface area contributed by atoms with Gasteiger partial charge in [-0.1, -0.05) is 0 Å². The van der Waals surface area contributed by atoms with Gasteiger partial charge in [0.15, 0.2) is 0 Å². The van der Waals surface area contributed by atoms with Crippen LogP contribution < -0.4 is 0 Å². The van der Waals surface area contributed by atoms with Crippen molar-refractivity contribution in [2.45, 2.75) is 0 Å². The summed E-state index contributed by atoms with van der Waals surface area (Å²) in [6, 6.07) is 1.66. The van der Waals surface area contributed by atoms with Crippen molar-refractivity contribution in [2.75, 3.05) is 0 Å². The average Bonchev–Trinajstić information content (AvgIpc) is 1.97. The van der Waals surface area contributed by atoms with Crippen molar-refractivity contribution in [1.29, 1.82) is 0 Å². The van der Waals surface area contributed by atoms with Crippen LogP contribution in [0.2, 0.25) is 0 Å². The highest BCUT2D eigenvalue weighted by atomic mass is 127. The minimum Gasteiger partial charge on any atom is -0.506 e. The lowest BCUT2D eigenvalue weighted by molar-refractivity contribution is 0.439. The highest BCUT2D eigenvalue weighted by Gasteiger charge is 2.11. The summed E-state index contributed by atoms with van der Waals surface area (Å²) >= 11 is 7.04. The van der Waals surface area contributed by atoms with Gasteiger partial charge >= 0.3 is 0 Å². The van der Waals surface area contributed by atoms with Gasteiger partial charge in [-0.3, -0.25) is 0 Å². The van der Waals surface area contributed by atoms with E-state index in [0.29, 0.717) is 8.04 Å². The molecule has 0 amide bonds. The monoisotopic (exact) mass is 440 g/mol. The molecule has 0 radical (unpaired) electrons. The van der Waals surface area contributed by atoms with Gasteiger partial charge in [-0.25, -0.2) is 0 Å². The summed E-state index contributed by atoms with van der Waals surface area (Å²) in [6.45, 7) is 0. The predicted molar refractivity (Wildman–Crippen MR) is 62.9 cm³/mol. The molecule has 0 heterocycles. The smallest absolute Gasteiger partial charge is 0.146 e. The fourth-order valence-electron chi connectivity index (χ4n) is 0.570. The molecular formula is C6H3BrI2O2. The third-order valence-electron chi connectivity index (χ3n) is 1.12. The van der Waals surface area contributed by atoms with Gasteiger partial charge in [0.1, 0.15) is 11.5 Å². The van der Waals surface area contributed by atoms with Crippen molar-refractivity contribution in [3.8, 4) is 11.5 Å². The van der Waals surface area contributed by atoms with Crippen LogP contribution in [-0.4, -0.2) is 10.2 Å². The number of benzene rings is 1. The van der Waals surface area contributed by atoms with Crippen molar-refractivity contribution in [1.82, 2.24) is 0 Å². The molecule has 0 saturated heterocycles. The second-order valence-corrected chi connectivity index (χ2v) is 4.95. The Labute approximate surface area is 99.4 Å². The van der Waals surface area contributed by atoms with Crippen LogP contribution in [-0.2, 0) is 0 Å². The van der Waals surface area contributed by atoms with Gasteiger partial charge in [0.05, 0.1) is 11.6 Å². The molecule has 0 bridgehead atoms. The molecule has 2 nitrogen and oxygen atoms in total. The molecule has 0 aliphatic rings. The average molecular weight is 441 g/mol. The number of halogens is 3. The van der Waals surface area contributed by atoms with Crippen molar-refractivity contribution < 1.29 is 10.2 Å². The Bertz CT molecular complexity index is 275. The molecule has 0 aliphatic heterocycles. The highest BCUT2D eigenvalue weighted by molar-refractivity contribution is 14.1. The second kappa shape index (κ2) is 3.65. The number of hydrogen-bond donors (Lipinski definition) is 2. The number of phenolic OH excluding ortho intramolecular Hbond substituents is 2. The van der Waals surface area contributed by atoms with Crippen molar-refractivity contribution >= 4 is 61.1 Å². The number of aromatic hydroxyl groups is 2. The highest BCUT2D eigenvalue weighted by Crippen LogP contribution is 2.38. The molecule has 0 atom stereocenters. The maximum atomic E-state index is 9.32. The lowest BCUT2D eigenvalue weighted by Crippen LogP contribution is -1.81. The largest absolute Gasteiger partial charge is 0.506 e. The maximum Gasteiger partial charge on any atom is 0.146 e. The molecule has 11 heavy (non-hydrogen) atoms. The third kappa shape index (κ3) is 1.92. The minimum atomic E-state index is 0.0866. The molecular weight excluding hydrogens is 438 g/mol. The normalized spacial score (nSPS) is 10.1. The van der Waals surface area contributed by atoms with E-state index in [1.807, 2.05) is 45.2 Å². The second-order valence-electron chi connectivity index (χ2n) is 1.85. The van der Waals surface area contributed by atoms with E-state index in [0.717, 1.165) is 3.57 Å². The lowest BCUT2D eigenvalue weighted by atomic mass is 10.3. The van der Waals surface area contributed by atoms with Crippen LogP contribution in [0.4, 0.5) is 0 Å². The fourth-order valence-corrected chi connectivity index (χ4v) is 3.47. The van der Waals surface area contributed by atoms with Crippen LogP contribution >= 0.6 is 61.1 Å². The summed E-state index contributed by atoms with van der Waals surface area (Å²) in [4.78, 5) is 0. The number of phenols is 2.